The van der Waals surface area contributed by atoms with E-state index in [-0.39, 0.29) is 23.8 Å². The van der Waals surface area contributed by atoms with Gasteiger partial charge in [-0.1, -0.05) is 51.1 Å². The highest BCUT2D eigenvalue weighted by Crippen LogP contribution is 2.30. The first-order chi connectivity index (χ1) is 15.1. The number of carbonyl (C=O) groups is 3. The summed E-state index contributed by atoms with van der Waals surface area (Å²) in [5, 5.41) is 6.73. The van der Waals surface area contributed by atoms with Gasteiger partial charge in [-0.05, 0) is 43.4 Å². The number of nitrogens with one attached hydrogen (secondary N) is 2. The second kappa shape index (κ2) is 10.3. The Morgan fingerprint density at radius 3 is 2.38 bits per heavy atom. The van der Waals surface area contributed by atoms with Crippen LogP contribution in [0.25, 0.3) is 0 Å². The zero-order chi connectivity index (χ0) is 23.3. The molecule has 0 spiro atoms. The van der Waals surface area contributed by atoms with Crippen LogP contribution < -0.4 is 10.6 Å². The summed E-state index contributed by atoms with van der Waals surface area (Å²) in [6, 6.07) is 12.0. The Bertz CT molecular complexity index is 955. The Morgan fingerprint density at radius 2 is 1.75 bits per heavy atom. The van der Waals surface area contributed by atoms with Crippen molar-refractivity contribution < 1.29 is 14.4 Å². The normalized spacial score (nSPS) is 14.8. The van der Waals surface area contributed by atoms with E-state index < -0.39 is 5.41 Å². The molecule has 1 fully saturated rings. The van der Waals surface area contributed by atoms with Crippen LogP contribution in [0, 0.1) is 12.3 Å². The lowest BCUT2D eigenvalue weighted by molar-refractivity contribution is -0.123. The van der Waals surface area contributed by atoms with E-state index in [2.05, 4.69) is 10.6 Å². The van der Waals surface area contributed by atoms with Crippen molar-refractivity contribution in [1.29, 1.82) is 0 Å². The second-order valence-electron chi connectivity index (χ2n) is 9.45. The number of hydrogen-bond acceptors (Lipinski definition) is 4. The Balaban J connectivity index is 1.48. The molecule has 1 aliphatic rings. The topological polar surface area (TPSA) is 78.5 Å². The molecule has 7 heteroatoms. The van der Waals surface area contributed by atoms with Gasteiger partial charge in [-0.3, -0.25) is 14.4 Å². The van der Waals surface area contributed by atoms with Crippen LogP contribution >= 0.6 is 11.3 Å². The molecule has 2 aromatic rings. The van der Waals surface area contributed by atoms with E-state index in [1.165, 1.54) is 11.3 Å². The predicted octanol–water partition coefficient (Wildman–Crippen LogP) is 4.39. The van der Waals surface area contributed by atoms with E-state index in [9.17, 15) is 14.4 Å². The van der Waals surface area contributed by atoms with Crippen LogP contribution in [0.1, 0.15) is 60.8 Å². The van der Waals surface area contributed by atoms with Crippen molar-refractivity contribution in [2.75, 3.05) is 18.4 Å². The quantitative estimate of drug-likeness (QED) is 0.678. The number of thiophene rings is 1. The van der Waals surface area contributed by atoms with Gasteiger partial charge in [0.25, 0.3) is 5.91 Å². The van der Waals surface area contributed by atoms with Gasteiger partial charge < -0.3 is 15.5 Å². The third kappa shape index (κ3) is 6.42. The van der Waals surface area contributed by atoms with Gasteiger partial charge in [-0.2, -0.15) is 0 Å². The number of aryl methyl sites for hydroxylation is 2. The van der Waals surface area contributed by atoms with Gasteiger partial charge >= 0.3 is 0 Å². The van der Waals surface area contributed by atoms with Gasteiger partial charge in [0.05, 0.1) is 9.88 Å². The molecule has 1 aromatic heterocycles. The number of hydrogen-bond donors (Lipinski definition) is 2. The fraction of sp³-hybridized carbons (Fsp3) is 0.480. The third-order valence-electron chi connectivity index (χ3n) is 5.66. The molecule has 32 heavy (non-hydrogen) atoms. The van der Waals surface area contributed by atoms with Gasteiger partial charge in [0.15, 0.2) is 0 Å². The number of rotatable bonds is 6. The van der Waals surface area contributed by atoms with Crippen molar-refractivity contribution in [3.63, 3.8) is 0 Å². The van der Waals surface area contributed by atoms with Gasteiger partial charge in [0.2, 0.25) is 11.8 Å². The lowest BCUT2D eigenvalue weighted by Crippen LogP contribution is -2.46. The molecule has 1 saturated heterocycles. The molecular formula is C25H33N3O3S. The first kappa shape index (κ1) is 24.0. The molecule has 172 valence electrons. The van der Waals surface area contributed by atoms with Crippen LogP contribution in [0.2, 0.25) is 0 Å². The Kier molecular flexibility index (Phi) is 7.72. The molecule has 0 radical (unpaired) electrons. The molecule has 1 aromatic carbocycles. The fourth-order valence-corrected chi connectivity index (χ4v) is 4.66. The summed E-state index contributed by atoms with van der Waals surface area (Å²) in [6.45, 7) is 8.71. The van der Waals surface area contributed by atoms with Crippen LogP contribution in [0.4, 0.5) is 5.00 Å². The van der Waals surface area contributed by atoms with Crippen molar-refractivity contribution in [1.82, 2.24) is 10.2 Å². The molecule has 0 atom stereocenters. The summed E-state index contributed by atoms with van der Waals surface area (Å²) in [5.41, 5.74) is 1.54. The van der Waals surface area contributed by atoms with Crippen LogP contribution in [0.3, 0.4) is 0 Å². The standard InChI is InChI=1S/C25H33N3O3S/c1-17-16-21(27-24(31)25(2,3)4)32-22(17)23(30)28-14-12-19(13-15-28)26-20(29)11-10-18-8-6-5-7-9-18/h5-9,16,19H,10-15H2,1-4H3,(H,26,29)(H,27,31). The zero-order valence-corrected chi connectivity index (χ0v) is 20.2. The lowest BCUT2D eigenvalue weighted by atomic mass is 9.96. The number of nitrogens with zero attached hydrogens (tertiary/aromatic N) is 1. The van der Waals surface area contributed by atoms with Gasteiger partial charge in [-0.15, -0.1) is 11.3 Å². The van der Waals surface area contributed by atoms with Crippen molar-refractivity contribution in [2.24, 2.45) is 5.41 Å². The van der Waals surface area contributed by atoms with Crippen molar-refractivity contribution in [2.45, 2.75) is 59.4 Å². The van der Waals surface area contributed by atoms with Crippen molar-refractivity contribution in [3.05, 3.63) is 52.4 Å². The average Bonchev–Trinajstić information content (AvgIpc) is 3.12. The van der Waals surface area contributed by atoms with E-state index >= 15 is 0 Å². The van der Waals surface area contributed by atoms with Crippen LogP contribution in [-0.2, 0) is 16.0 Å². The summed E-state index contributed by atoms with van der Waals surface area (Å²) in [4.78, 5) is 40.1. The third-order valence-corrected chi connectivity index (χ3v) is 6.80. The predicted molar refractivity (Wildman–Crippen MR) is 129 cm³/mol. The number of likely N-dealkylation sites (tertiary alicyclic amines) is 1. The minimum Gasteiger partial charge on any atom is -0.353 e. The minimum atomic E-state index is -0.491. The van der Waals surface area contributed by atoms with E-state index in [1.807, 2.05) is 69.0 Å². The van der Waals surface area contributed by atoms with Gasteiger partial charge in [-0.25, -0.2) is 0 Å². The highest BCUT2D eigenvalue weighted by atomic mass is 32.1. The number of benzene rings is 1. The van der Waals surface area contributed by atoms with E-state index in [0.29, 0.717) is 29.4 Å². The van der Waals surface area contributed by atoms with Crippen molar-refractivity contribution in [3.8, 4) is 0 Å². The molecule has 0 aliphatic carbocycles. The maximum atomic E-state index is 13.0. The SMILES string of the molecule is Cc1cc(NC(=O)C(C)(C)C)sc1C(=O)N1CCC(NC(=O)CCc2ccccc2)CC1. The molecule has 2 N–H and O–H groups in total. The summed E-state index contributed by atoms with van der Waals surface area (Å²) < 4.78 is 0. The van der Waals surface area contributed by atoms with Gasteiger partial charge in [0.1, 0.15) is 0 Å². The van der Waals surface area contributed by atoms with E-state index in [0.717, 1.165) is 30.4 Å². The molecule has 3 rings (SSSR count). The average molecular weight is 456 g/mol. The molecular weight excluding hydrogens is 422 g/mol. The molecule has 0 bridgehead atoms. The van der Waals surface area contributed by atoms with E-state index in [4.69, 9.17) is 0 Å². The van der Waals surface area contributed by atoms with Crippen LogP contribution in [-0.4, -0.2) is 41.8 Å². The number of carbonyl (C=O) groups excluding carboxylic acids is 3. The first-order valence-electron chi connectivity index (χ1n) is 11.2. The fourth-order valence-electron chi connectivity index (χ4n) is 3.63. The second-order valence-corrected chi connectivity index (χ2v) is 10.5. The Labute approximate surface area is 194 Å². The molecule has 6 nitrogen and oxygen atoms in total. The summed E-state index contributed by atoms with van der Waals surface area (Å²) in [7, 11) is 0. The highest BCUT2D eigenvalue weighted by molar-refractivity contribution is 7.18. The smallest absolute Gasteiger partial charge is 0.264 e. The molecule has 1 aliphatic heterocycles. The molecule has 0 unspecified atom stereocenters. The zero-order valence-electron chi connectivity index (χ0n) is 19.4. The molecule has 3 amide bonds. The summed E-state index contributed by atoms with van der Waals surface area (Å²) in [5.74, 6) is -0.00820. The maximum Gasteiger partial charge on any atom is 0.264 e. The monoisotopic (exact) mass is 455 g/mol. The Hall–Kier alpha value is -2.67. The number of piperidine rings is 1. The molecule has 0 saturated carbocycles. The van der Waals surface area contributed by atoms with Crippen LogP contribution in [0.5, 0.6) is 0 Å². The molecule has 2 heterocycles. The lowest BCUT2D eigenvalue weighted by Gasteiger charge is -2.32. The highest BCUT2D eigenvalue weighted by Gasteiger charge is 2.27. The number of anilines is 1. The summed E-state index contributed by atoms with van der Waals surface area (Å²) in [6.07, 6.45) is 2.71. The minimum absolute atomic E-state index is 0.00221. The van der Waals surface area contributed by atoms with Crippen molar-refractivity contribution >= 4 is 34.1 Å². The van der Waals surface area contributed by atoms with Gasteiger partial charge in [0, 0.05) is 31.0 Å². The maximum absolute atomic E-state index is 13.0. The summed E-state index contributed by atoms with van der Waals surface area (Å²) >= 11 is 1.33. The first-order valence-corrected chi connectivity index (χ1v) is 12.0. The Morgan fingerprint density at radius 1 is 1.09 bits per heavy atom. The van der Waals surface area contributed by atoms with E-state index in [1.54, 1.807) is 0 Å². The number of amides is 3. The van der Waals surface area contributed by atoms with Crippen LogP contribution in [0.15, 0.2) is 36.4 Å². The largest absolute Gasteiger partial charge is 0.353 e.